The van der Waals surface area contributed by atoms with Crippen LogP contribution in [0, 0.1) is 0 Å². The maximum atomic E-state index is 6.22. The first kappa shape index (κ1) is 17.3. The molecule has 1 aromatic heterocycles. The van der Waals surface area contributed by atoms with Crippen molar-refractivity contribution >= 4 is 23.0 Å². The van der Waals surface area contributed by atoms with Crippen molar-refractivity contribution < 1.29 is 4.74 Å². The normalized spacial score (nSPS) is 14.9. The zero-order valence-corrected chi connectivity index (χ0v) is 14.7. The highest BCUT2D eigenvalue weighted by atomic mass is 16.5. The highest BCUT2D eigenvalue weighted by Gasteiger charge is 2.11. The van der Waals surface area contributed by atoms with Crippen LogP contribution >= 0.6 is 0 Å². The summed E-state index contributed by atoms with van der Waals surface area (Å²) in [6.45, 7) is 4.20. The number of hydrogen-bond acceptors (Lipinski definition) is 7. The Morgan fingerprint density at radius 2 is 1.80 bits per heavy atom. The van der Waals surface area contributed by atoms with Crippen molar-refractivity contribution in [1.29, 1.82) is 0 Å². The molecule has 1 fully saturated rings. The van der Waals surface area contributed by atoms with Crippen LogP contribution in [0.15, 0.2) is 30.6 Å². The largest absolute Gasteiger partial charge is 0.497 e. The molecule has 3 rings (SSSR count). The Hall–Kier alpha value is -2.54. The summed E-state index contributed by atoms with van der Waals surface area (Å²) in [5.41, 5.74) is 7.64. The van der Waals surface area contributed by atoms with Crippen LogP contribution in [0.1, 0.15) is 19.3 Å². The molecular formula is C18H26N6O. The van der Waals surface area contributed by atoms with Crippen LogP contribution in [-0.4, -0.2) is 48.2 Å². The Balaban J connectivity index is 1.58. The molecule has 0 radical (unpaired) electrons. The Labute approximate surface area is 148 Å². The van der Waals surface area contributed by atoms with Gasteiger partial charge in [0.25, 0.3) is 0 Å². The molecule has 134 valence electrons. The van der Waals surface area contributed by atoms with Crippen LogP contribution in [0.4, 0.5) is 23.0 Å². The molecule has 2 heterocycles. The van der Waals surface area contributed by atoms with E-state index in [0.29, 0.717) is 17.3 Å². The van der Waals surface area contributed by atoms with Crippen molar-refractivity contribution in [3.63, 3.8) is 0 Å². The minimum Gasteiger partial charge on any atom is -0.497 e. The number of aromatic nitrogens is 2. The maximum Gasteiger partial charge on any atom is 0.159 e. The number of hydrogen-bond donors (Lipinski definition) is 3. The van der Waals surface area contributed by atoms with Gasteiger partial charge in [0.1, 0.15) is 17.8 Å². The third kappa shape index (κ3) is 4.73. The lowest BCUT2D eigenvalue weighted by atomic mass is 10.1. The summed E-state index contributed by atoms with van der Waals surface area (Å²) in [6.07, 6.45) is 5.46. The van der Waals surface area contributed by atoms with E-state index in [4.69, 9.17) is 10.5 Å². The first-order valence-electron chi connectivity index (χ1n) is 8.74. The van der Waals surface area contributed by atoms with Crippen LogP contribution in [0.25, 0.3) is 0 Å². The van der Waals surface area contributed by atoms with Crippen LogP contribution in [0.2, 0.25) is 0 Å². The lowest BCUT2D eigenvalue weighted by molar-refractivity contribution is 0.237. The van der Waals surface area contributed by atoms with Crippen molar-refractivity contribution in [3.8, 4) is 5.75 Å². The molecule has 0 saturated carbocycles. The molecule has 0 amide bonds. The predicted octanol–water partition coefficient (Wildman–Crippen LogP) is 2.71. The lowest BCUT2D eigenvalue weighted by Crippen LogP contribution is -2.33. The van der Waals surface area contributed by atoms with E-state index in [1.165, 1.54) is 38.7 Å². The first-order chi connectivity index (χ1) is 12.3. The van der Waals surface area contributed by atoms with Gasteiger partial charge < -0.3 is 26.0 Å². The Morgan fingerprint density at radius 1 is 1.08 bits per heavy atom. The number of anilines is 4. The Morgan fingerprint density at radius 3 is 2.52 bits per heavy atom. The van der Waals surface area contributed by atoms with Gasteiger partial charge in [-0.2, -0.15) is 0 Å². The number of nitrogens with zero attached hydrogens (tertiary/aromatic N) is 3. The summed E-state index contributed by atoms with van der Waals surface area (Å²) in [6, 6.07) is 7.61. The van der Waals surface area contributed by atoms with Gasteiger partial charge in [0, 0.05) is 18.8 Å². The lowest BCUT2D eigenvalue weighted by Gasteiger charge is -2.26. The molecule has 0 aliphatic carbocycles. The van der Waals surface area contributed by atoms with Crippen LogP contribution in [0.5, 0.6) is 5.75 Å². The van der Waals surface area contributed by atoms with Gasteiger partial charge in [-0.1, -0.05) is 6.42 Å². The molecule has 0 spiro atoms. The summed E-state index contributed by atoms with van der Waals surface area (Å²) >= 11 is 0. The number of piperidine rings is 1. The molecule has 1 aliphatic heterocycles. The average Bonchev–Trinajstić information content (AvgIpc) is 2.66. The van der Waals surface area contributed by atoms with E-state index in [1.54, 1.807) is 7.11 Å². The fourth-order valence-electron chi connectivity index (χ4n) is 2.96. The summed E-state index contributed by atoms with van der Waals surface area (Å²) in [5, 5.41) is 6.55. The van der Waals surface area contributed by atoms with Crippen molar-refractivity contribution in [1.82, 2.24) is 14.9 Å². The smallest absolute Gasteiger partial charge is 0.159 e. The van der Waals surface area contributed by atoms with Gasteiger partial charge in [0.05, 0.1) is 7.11 Å². The number of nitrogens with one attached hydrogen (secondary N) is 2. The van der Waals surface area contributed by atoms with Crippen molar-refractivity contribution in [2.45, 2.75) is 19.3 Å². The van der Waals surface area contributed by atoms with Crippen LogP contribution < -0.4 is 21.1 Å². The van der Waals surface area contributed by atoms with E-state index in [0.717, 1.165) is 24.5 Å². The van der Waals surface area contributed by atoms with E-state index in [9.17, 15) is 0 Å². The number of benzene rings is 1. The Bertz CT molecular complexity index is 670. The number of likely N-dealkylation sites (tertiary alicyclic amines) is 1. The van der Waals surface area contributed by atoms with Gasteiger partial charge in [-0.15, -0.1) is 0 Å². The van der Waals surface area contributed by atoms with E-state index < -0.39 is 0 Å². The van der Waals surface area contributed by atoms with Crippen LogP contribution in [0.3, 0.4) is 0 Å². The van der Waals surface area contributed by atoms with E-state index >= 15 is 0 Å². The number of rotatable bonds is 7. The minimum atomic E-state index is 0.525. The summed E-state index contributed by atoms with van der Waals surface area (Å²) < 4.78 is 5.16. The molecule has 7 heteroatoms. The second-order valence-electron chi connectivity index (χ2n) is 6.17. The second kappa shape index (κ2) is 8.53. The highest BCUT2D eigenvalue weighted by Crippen LogP contribution is 2.26. The molecule has 0 bridgehead atoms. The van der Waals surface area contributed by atoms with Crippen molar-refractivity contribution in [3.05, 3.63) is 30.6 Å². The number of ether oxygens (including phenoxy) is 1. The summed E-state index contributed by atoms with van der Waals surface area (Å²) in [5.74, 6) is 2.07. The fraction of sp³-hybridized carbons (Fsp3) is 0.444. The van der Waals surface area contributed by atoms with Crippen LogP contribution in [-0.2, 0) is 0 Å². The topological polar surface area (TPSA) is 88.3 Å². The van der Waals surface area contributed by atoms with E-state index in [-0.39, 0.29) is 0 Å². The molecule has 7 nitrogen and oxygen atoms in total. The van der Waals surface area contributed by atoms with E-state index in [1.807, 2.05) is 24.3 Å². The molecule has 2 aromatic rings. The van der Waals surface area contributed by atoms with Gasteiger partial charge in [0.15, 0.2) is 11.6 Å². The van der Waals surface area contributed by atoms with Crippen molar-refractivity contribution in [2.75, 3.05) is 49.7 Å². The third-order valence-corrected chi connectivity index (χ3v) is 4.41. The SMILES string of the molecule is COc1ccc(Nc2ncnc(NCCN3CCCCC3)c2N)cc1. The highest BCUT2D eigenvalue weighted by molar-refractivity contribution is 5.77. The first-order valence-corrected chi connectivity index (χ1v) is 8.74. The monoisotopic (exact) mass is 342 g/mol. The molecule has 4 N–H and O–H groups in total. The average molecular weight is 342 g/mol. The quantitative estimate of drug-likeness (QED) is 0.713. The molecule has 1 aliphatic rings. The Kier molecular flexibility index (Phi) is 5.90. The number of nitrogen functional groups attached to an aromatic ring is 1. The van der Waals surface area contributed by atoms with Gasteiger partial charge in [0.2, 0.25) is 0 Å². The number of methoxy groups -OCH3 is 1. The molecule has 25 heavy (non-hydrogen) atoms. The summed E-state index contributed by atoms with van der Waals surface area (Å²) in [7, 11) is 1.65. The molecule has 1 aromatic carbocycles. The number of nitrogens with two attached hydrogens (primary N) is 1. The zero-order chi connectivity index (χ0) is 17.5. The summed E-state index contributed by atoms with van der Waals surface area (Å²) in [4.78, 5) is 11.0. The molecule has 0 atom stereocenters. The predicted molar refractivity (Wildman–Crippen MR) is 102 cm³/mol. The maximum absolute atomic E-state index is 6.22. The zero-order valence-electron chi connectivity index (χ0n) is 14.7. The van der Waals surface area contributed by atoms with E-state index in [2.05, 4.69) is 25.5 Å². The molecular weight excluding hydrogens is 316 g/mol. The van der Waals surface area contributed by atoms with Gasteiger partial charge in [-0.25, -0.2) is 9.97 Å². The second-order valence-corrected chi connectivity index (χ2v) is 6.17. The molecule has 1 saturated heterocycles. The van der Waals surface area contributed by atoms with Gasteiger partial charge in [-0.05, 0) is 50.2 Å². The minimum absolute atomic E-state index is 0.525. The fourth-order valence-corrected chi connectivity index (χ4v) is 2.96. The van der Waals surface area contributed by atoms with Gasteiger partial charge in [-0.3, -0.25) is 0 Å². The standard InChI is InChI=1S/C18H26N6O/c1-25-15-7-5-14(6-8-15)23-18-16(19)17(21-13-22-18)20-9-12-24-10-3-2-4-11-24/h5-8,13H,2-4,9-12,19H2,1H3,(H2,20,21,22,23). The third-order valence-electron chi connectivity index (χ3n) is 4.41. The van der Waals surface area contributed by atoms with Gasteiger partial charge >= 0.3 is 0 Å². The van der Waals surface area contributed by atoms with Crippen molar-refractivity contribution in [2.24, 2.45) is 0 Å². The molecule has 0 unspecified atom stereocenters.